The highest BCUT2D eigenvalue weighted by molar-refractivity contribution is 7.92. The fourth-order valence-corrected chi connectivity index (χ4v) is 4.73. The van der Waals surface area contributed by atoms with Crippen molar-refractivity contribution in [1.82, 2.24) is 10.2 Å². The molecule has 172 valence electrons. The minimum Gasteiger partial charge on any atom is -0.495 e. The Hall–Kier alpha value is -3.07. The molecule has 2 aromatic carbocycles. The van der Waals surface area contributed by atoms with Crippen molar-refractivity contribution in [2.75, 3.05) is 24.9 Å². The molecule has 2 aromatic rings. The van der Waals surface area contributed by atoms with Crippen molar-refractivity contribution in [3.8, 4) is 5.75 Å². The molecule has 0 spiro atoms. The number of hydrogen-bond donors (Lipinski definition) is 2. The third-order valence-corrected chi connectivity index (χ3v) is 6.76. The molecule has 8 nitrogen and oxygen atoms in total. The number of nitrogens with one attached hydrogen (secondary N) is 2. The highest BCUT2D eigenvalue weighted by Crippen LogP contribution is 2.26. The molecule has 9 heteroatoms. The molecule has 0 aromatic heterocycles. The molecule has 0 aliphatic carbocycles. The van der Waals surface area contributed by atoms with Crippen molar-refractivity contribution in [2.45, 2.75) is 37.6 Å². The zero-order valence-corrected chi connectivity index (χ0v) is 19.3. The number of benzene rings is 2. The van der Waals surface area contributed by atoms with Crippen LogP contribution >= 0.6 is 0 Å². The molecule has 1 heterocycles. The number of para-hydroxylation sites is 2. The van der Waals surface area contributed by atoms with Crippen molar-refractivity contribution in [1.29, 1.82) is 0 Å². The summed E-state index contributed by atoms with van der Waals surface area (Å²) < 4.78 is 33.4. The molecule has 2 N–H and O–H groups in total. The summed E-state index contributed by atoms with van der Waals surface area (Å²) in [6.07, 6.45) is 1.33. The molecule has 1 saturated heterocycles. The quantitative estimate of drug-likeness (QED) is 0.663. The van der Waals surface area contributed by atoms with Gasteiger partial charge in [-0.3, -0.25) is 14.3 Å². The van der Waals surface area contributed by atoms with Crippen LogP contribution in [0.25, 0.3) is 0 Å². The summed E-state index contributed by atoms with van der Waals surface area (Å²) >= 11 is 0. The van der Waals surface area contributed by atoms with E-state index in [1.54, 1.807) is 30.3 Å². The van der Waals surface area contributed by atoms with Gasteiger partial charge in [0.1, 0.15) is 5.75 Å². The summed E-state index contributed by atoms with van der Waals surface area (Å²) in [4.78, 5) is 26.7. The van der Waals surface area contributed by atoms with Gasteiger partial charge in [0.2, 0.25) is 5.91 Å². The number of ether oxygens (including phenoxy) is 1. The van der Waals surface area contributed by atoms with E-state index in [-0.39, 0.29) is 34.2 Å². The van der Waals surface area contributed by atoms with E-state index in [1.165, 1.54) is 25.3 Å². The van der Waals surface area contributed by atoms with Gasteiger partial charge in [-0.2, -0.15) is 0 Å². The fraction of sp³-hybridized carbons (Fsp3) is 0.391. The number of rotatable bonds is 7. The minimum absolute atomic E-state index is 0.0200. The molecular formula is C23H29N3O5S. The molecule has 0 unspecified atom stereocenters. The number of carbonyl (C=O) groups excluding carboxylic acids is 2. The molecule has 0 atom stereocenters. The zero-order valence-electron chi connectivity index (χ0n) is 18.5. The Kier molecular flexibility index (Phi) is 7.40. The maximum absolute atomic E-state index is 12.9. The first-order chi connectivity index (χ1) is 15.2. The van der Waals surface area contributed by atoms with Crippen LogP contribution in [0.3, 0.4) is 0 Å². The predicted molar refractivity (Wildman–Crippen MR) is 122 cm³/mol. The van der Waals surface area contributed by atoms with E-state index in [9.17, 15) is 18.0 Å². The summed E-state index contributed by atoms with van der Waals surface area (Å²) in [5.41, 5.74) is 0.571. The van der Waals surface area contributed by atoms with E-state index >= 15 is 0 Å². The third kappa shape index (κ3) is 5.59. The molecule has 0 radical (unpaired) electrons. The van der Waals surface area contributed by atoms with E-state index in [4.69, 9.17) is 4.74 Å². The number of hydrogen-bond acceptors (Lipinski definition) is 5. The maximum atomic E-state index is 12.9. The van der Waals surface area contributed by atoms with Gasteiger partial charge in [0.05, 0.1) is 17.7 Å². The second kappa shape index (κ2) is 10.0. The number of methoxy groups -OCH3 is 1. The van der Waals surface area contributed by atoms with Gasteiger partial charge in [-0.25, -0.2) is 8.42 Å². The smallest absolute Gasteiger partial charge is 0.262 e. The first-order valence-electron chi connectivity index (χ1n) is 10.6. The average Bonchev–Trinajstić information content (AvgIpc) is 2.79. The van der Waals surface area contributed by atoms with Gasteiger partial charge in [-0.05, 0) is 43.2 Å². The molecular weight excluding hydrogens is 430 g/mol. The Balaban J connectivity index is 1.66. The van der Waals surface area contributed by atoms with Crippen molar-refractivity contribution >= 4 is 27.5 Å². The summed E-state index contributed by atoms with van der Waals surface area (Å²) in [5.74, 6) is 0.130. The molecule has 1 aliphatic heterocycles. The van der Waals surface area contributed by atoms with Crippen LogP contribution in [0.15, 0.2) is 53.4 Å². The lowest BCUT2D eigenvalue weighted by atomic mass is 10.0. The Morgan fingerprint density at radius 2 is 1.75 bits per heavy atom. The van der Waals surface area contributed by atoms with Gasteiger partial charge in [-0.1, -0.05) is 32.0 Å². The number of sulfonamides is 1. The summed E-state index contributed by atoms with van der Waals surface area (Å²) in [5, 5.41) is 2.96. The van der Waals surface area contributed by atoms with Gasteiger partial charge in [0.15, 0.2) is 0 Å². The summed E-state index contributed by atoms with van der Waals surface area (Å²) in [6, 6.07) is 12.5. The van der Waals surface area contributed by atoms with Crippen molar-refractivity contribution in [3.05, 3.63) is 54.1 Å². The van der Waals surface area contributed by atoms with Crippen LogP contribution in [-0.4, -0.2) is 51.4 Å². The van der Waals surface area contributed by atoms with Gasteiger partial charge in [0, 0.05) is 30.6 Å². The highest BCUT2D eigenvalue weighted by Gasteiger charge is 2.26. The normalized spacial score (nSPS) is 14.8. The number of nitrogens with zero attached hydrogens (tertiary/aromatic N) is 1. The Morgan fingerprint density at radius 3 is 2.41 bits per heavy atom. The number of anilines is 1. The molecule has 0 bridgehead atoms. The van der Waals surface area contributed by atoms with Crippen molar-refractivity contribution in [3.63, 3.8) is 0 Å². The van der Waals surface area contributed by atoms with Gasteiger partial charge < -0.3 is 15.0 Å². The monoisotopic (exact) mass is 459 g/mol. The SMILES string of the molecule is COc1ccccc1NS(=O)(=O)c1cccc(C(=O)NC2CCN(C(=O)C(C)C)CC2)c1. The molecule has 32 heavy (non-hydrogen) atoms. The lowest BCUT2D eigenvalue weighted by molar-refractivity contribution is -0.135. The van der Waals surface area contributed by atoms with E-state index in [2.05, 4.69) is 10.0 Å². The number of amides is 2. The summed E-state index contributed by atoms with van der Waals surface area (Å²) in [6.45, 7) is 4.94. The second-order valence-electron chi connectivity index (χ2n) is 8.06. The minimum atomic E-state index is -3.91. The molecule has 1 fully saturated rings. The first kappa shape index (κ1) is 23.6. The Labute approximate surface area is 189 Å². The van der Waals surface area contributed by atoms with E-state index in [0.717, 1.165) is 0 Å². The fourth-order valence-electron chi connectivity index (χ4n) is 3.62. The zero-order chi connectivity index (χ0) is 23.3. The number of carbonyl (C=O) groups is 2. The van der Waals surface area contributed by atoms with Crippen molar-refractivity contribution < 1.29 is 22.7 Å². The molecule has 0 saturated carbocycles. The Morgan fingerprint density at radius 1 is 1.06 bits per heavy atom. The standard InChI is InChI=1S/C23H29N3O5S/c1-16(2)23(28)26-13-11-18(12-14-26)24-22(27)17-7-6-8-19(15-17)32(29,30)25-20-9-4-5-10-21(20)31-3/h4-10,15-16,18,25H,11-14H2,1-3H3,(H,24,27). The van der Waals surface area contributed by atoms with Crippen LogP contribution in [0.1, 0.15) is 37.0 Å². The lowest BCUT2D eigenvalue weighted by Gasteiger charge is -2.33. The lowest BCUT2D eigenvalue weighted by Crippen LogP contribution is -2.47. The predicted octanol–water partition coefficient (Wildman–Crippen LogP) is 2.87. The number of piperidine rings is 1. The second-order valence-corrected chi connectivity index (χ2v) is 9.74. The van der Waals surface area contributed by atoms with Crippen LogP contribution in [0, 0.1) is 5.92 Å². The van der Waals surface area contributed by atoms with Crippen LogP contribution < -0.4 is 14.8 Å². The van der Waals surface area contributed by atoms with Gasteiger partial charge >= 0.3 is 0 Å². The van der Waals surface area contributed by atoms with Crippen LogP contribution in [0.4, 0.5) is 5.69 Å². The molecule has 2 amide bonds. The van der Waals surface area contributed by atoms with Gasteiger partial charge in [-0.15, -0.1) is 0 Å². The third-order valence-electron chi connectivity index (χ3n) is 5.39. The van der Waals surface area contributed by atoms with Crippen LogP contribution in [0.2, 0.25) is 0 Å². The summed E-state index contributed by atoms with van der Waals surface area (Å²) in [7, 11) is -2.45. The number of likely N-dealkylation sites (tertiary alicyclic amines) is 1. The average molecular weight is 460 g/mol. The largest absolute Gasteiger partial charge is 0.495 e. The van der Waals surface area contributed by atoms with E-state index in [1.807, 2.05) is 18.7 Å². The van der Waals surface area contributed by atoms with E-state index in [0.29, 0.717) is 37.4 Å². The molecule has 1 aliphatic rings. The van der Waals surface area contributed by atoms with Gasteiger partial charge in [0.25, 0.3) is 15.9 Å². The molecule has 3 rings (SSSR count). The van der Waals surface area contributed by atoms with Crippen molar-refractivity contribution in [2.24, 2.45) is 5.92 Å². The topological polar surface area (TPSA) is 105 Å². The van der Waals surface area contributed by atoms with Crippen LogP contribution in [-0.2, 0) is 14.8 Å². The maximum Gasteiger partial charge on any atom is 0.262 e. The Bertz CT molecular complexity index is 1080. The van der Waals surface area contributed by atoms with Crippen LogP contribution in [0.5, 0.6) is 5.75 Å². The van der Waals surface area contributed by atoms with E-state index < -0.39 is 10.0 Å². The first-order valence-corrected chi connectivity index (χ1v) is 12.0. The highest BCUT2D eigenvalue weighted by atomic mass is 32.2.